The van der Waals surface area contributed by atoms with Crippen LogP contribution >= 0.6 is 0 Å². The molecule has 0 saturated heterocycles. The van der Waals surface area contributed by atoms with Crippen molar-refractivity contribution < 1.29 is 18.9 Å². The fourth-order valence-corrected chi connectivity index (χ4v) is 2.14. The SMILES string of the molecule is COc1cccc2cc(C(=O)n3cncc3[N+](=O)[O-])c(=O)oc12. The monoisotopic (exact) mass is 315 g/mol. The average molecular weight is 315 g/mol. The van der Waals surface area contributed by atoms with Gasteiger partial charge in [0.05, 0.1) is 7.11 Å². The van der Waals surface area contributed by atoms with Gasteiger partial charge in [-0.3, -0.25) is 0 Å². The molecule has 0 N–H and O–H groups in total. The standard InChI is InChI=1S/C14H9N3O6/c1-22-10-4-2-3-8-5-9(14(19)23-12(8)10)13(18)16-7-15-6-11(16)17(20)21/h2-7H,1H3. The number of rotatable bonds is 3. The van der Waals surface area contributed by atoms with Crippen molar-refractivity contribution in [3.05, 3.63) is 62.9 Å². The second-order valence-corrected chi connectivity index (χ2v) is 4.51. The van der Waals surface area contributed by atoms with Gasteiger partial charge < -0.3 is 19.3 Å². The molecule has 0 unspecified atom stereocenters. The van der Waals surface area contributed by atoms with Gasteiger partial charge in [-0.15, -0.1) is 4.57 Å². The fourth-order valence-electron chi connectivity index (χ4n) is 2.14. The minimum atomic E-state index is -0.921. The minimum Gasteiger partial charge on any atom is -0.493 e. The van der Waals surface area contributed by atoms with Crippen LogP contribution in [0, 0.1) is 10.1 Å². The summed E-state index contributed by atoms with van der Waals surface area (Å²) in [5, 5.41) is 11.3. The van der Waals surface area contributed by atoms with Gasteiger partial charge in [0.2, 0.25) is 0 Å². The summed E-state index contributed by atoms with van der Waals surface area (Å²) in [5.41, 5.74) is -1.07. The molecule has 9 nitrogen and oxygen atoms in total. The molecule has 0 aliphatic carbocycles. The van der Waals surface area contributed by atoms with Gasteiger partial charge in [-0.1, -0.05) is 12.1 Å². The highest BCUT2D eigenvalue weighted by Gasteiger charge is 2.26. The summed E-state index contributed by atoms with van der Waals surface area (Å²) in [7, 11) is 1.42. The van der Waals surface area contributed by atoms with Crippen molar-refractivity contribution >= 4 is 22.7 Å². The normalized spacial score (nSPS) is 10.7. The Hall–Kier alpha value is -3.49. The molecule has 0 atom stereocenters. The molecule has 0 saturated carbocycles. The summed E-state index contributed by atoms with van der Waals surface area (Å²) >= 11 is 0. The highest BCUT2D eigenvalue weighted by atomic mass is 16.6. The van der Waals surface area contributed by atoms with E-state index in [0.29, 0.717) is 15.7 Å². The van der Waals surface area contributed by atoms with Crippen molar-refractivity contribution in [2.24, 2.45) is 0 Å². The topological polar surface area (TPSA) is 117 Å². The molecular formula is C14H9N3O6. The molecular weight excluding hydrogens is 306 g/mol. The number of fused-ring (bicyclic) bond motifs is 1. The first kappa shape index (κ1) is 14.4. The highest BCUT2D eigenvalue weighted by Crippen LogP contribution is 2.25. The van der Waals surface area contributed by atoms with Gasteiger partial charge in [-0.2, -0.15) is 0 Å². The molecule has 0 amide bonds. The lowest BCUT2D eigenvalue weighted by Crippen LogP contribution is -2.21. The van der Waals surface area contributed by atoms with Crippen LogP contribution in [0.4, 0.5) is 5.82 Å². The number of ether oxygens (including phenoxy) is 1. The number of nitro groups is 1. The molecule has 2 heterocycles. The molecule has 0 aliphatic heterocycles. The molecule has 0 bridgehead atoms. The first-order valence-corrected chi connectivity index (χ1v) is 6.35. The van der Waals surface area contributed by atoms with Crippen LogP contribution in [0.2, 0.25) is 0 Å². The zero-order valence-corrected chi connectivity index (χ0v) is 11.8. The van der Waals surface area contributed by atoms with Crippen LogP contribution in [0.1, 0.15) is 10.4 Å². The fraction of sp³-hybridized carbons (Fsp3) is 0.0714. The molecule has 116 valence electrons. The molecule has 0 spiro atoms. The molecule has 3 rings (SSSR count). The van der Waals surface area contributed by atoms with E-state index in [1.807, 2.05) is 0 Å². The van der Waals surface area contributed by atoms with Gasteiger partial charge >= 0.3 is 17.4 Å². The number of benzene rings is 1. The Balaban J connectivity index is 2.19. The summed E-state index contributed by atoms with van der Waals surface area (Å²) in [4.78, 5) is 38.1. The molecule has 2 aromatic heterocycles. The van der Waals surface area contributed by atoms with E-state index in [2.05, 4.69) is 4.98 Å². The Bertz CT molecular complexity index is 988. The summed E-state index contributed by atoms with van der Waals surface area (Å²) in [6.07, 6.45) is 1.89. The third kappa shape index (κ3) is 2.33. The first-order valence-electron chi connectivity index (χ1n) is 6.35. The maximum atomic E-state index is 12.4. The van der Waals surface area contributed by atoms with Crippen molar-refractivity contribution in [3.8, 4) is 5.75 Å². The molecule has 3 aromatic rings. The lowest BCUT2D eigenvalue weighted by Gasteiger charge is -2.04. The summed E-state index contributed by atoms with van der Waals surface area (Å²) in [5.74, 6) is -1.10. The Morgan fingerprint density at radius 3 is 2.91 bits per heavy atom. The van der Waals surface area contributed by atoms with Gasteiger partial charge in [0.15, 0.2) is 23.2 Å². The number of para-hydroxylation sites is 1. The Morgan fingerprint density at radius 1 is 1.43 bits per heavy atom. The van der Waals surface area contributed by atoms with E-state index in [9.17, 15) is 19.7 Å². The van der Waals surface area contributed by atoms with Gasteiger partial charge in [0, 0.05) is 5.39 Å². The van der Waals surface area contributed by atoms with E-state index in [1.54, 1.807) is 18.2 Å². The Morgan fingerprint density at radius 2 is 2.22 bits per heavy atom. The van der Waals surface area contributed by atoms with E-state index in [1.165, 1.54) is 13.2 Å². The van der Waals surface area contributed by atoms with Crippen LogP contribution in [0.5, 0.6) is 5.75 Å². The first-order chi connectivity index (χ1) is 11.0. The van der Waals surface area contributed by atoms with Crippen LogP contribution in [0.25, 0.3) is 11.0 Å². The summed E-state index contributed by atoms with van der Waals surface area (Å²) in [6, 6.07) is 6.19. The number of imidazole rings is 1. The predicted octanol–water partition coefficient (Wildman–Crippen LogP) is 1.59. The Kier molecular flexibility index (Phi) is 3.37. The maximum Gasteiger partial charge on any atom is 0.354 e. The average Bonchev–Trinajstić information content (AvgIpc) is 3.03. The van der Waals surface area contributed by atoms with Crippen LogP contribution in [-0.2, 0) is 0 Å². The van der Waals surface area contributed by atoms with Gasteiger partial charge in [0.1, 0.15) is 6.20 Å². The highest BCUT2D eigenvalue weighted by molar-refractivity contribution is 5.99. The second kappa shape index (κ2) is 5.37. The van der Waals surface area contributed by atoms with Crippen LogP contribution in [0.15, 0.2) is 46.0 Å². The molecule has 23 heavy (non-hydrogen) atoms. The number of methoxy groups -OCH3 is 1. The number of hydrogen-bond acceptors (Lipinski definition) is 7. The van der Waals surface area contributed by atoms with Gasteiger partial charge in [-0.25, -0.2) is 14.6 Å². The number of carbonyl (C=O) groups excluding carboxylic acids is 1. The van der Waals surface area contributed by atoms with E-state index in [-0.39, 0.29) is 11.1 Å². The predicted molar refractivity (Wildman–Crippen MR) is 77.6 cm³/mol. The van der Waals surface area contributed by atoms with Crippen LogP contribution in [-0.4, -0.2) is 27.5 Å². The maximum absolute atomic E-state index is 12.4. The van der Waals surface area contributed by atoms with E-state index in [4.69, 9.17) is 9.15 Å². The summed E-state index contributed by atoms with van der Waals surface area (Å²) in [6.45, 7) is 0. The molecule has 0 fully saturated rings. The smallest absolute Gasteiger partial charge is 0.354 e. The van der Waals surface area contributed by atoms with Crippen molar-refractivity contribution in [3.63, 3.8) is 0 Å². The van der Waals surface area contributed by atoms with Gasteiger partial charge in [-0.05, 0) is 17.1 Å². The van der Waals surface area contributed by atoms with Crippen LogP contribution in [0.3, 0.4) is 0 Å². The minimum absolute atomic E-state index is 0.191. The van der Waals surface area contributed by atoms with Crippen molar-refractivity contribution in [2.45, 2.75) is 0 Å². The largest absolute Gasteiger partial charge is 0.493 e. The zero-order valence-electron chi connectivity index (χ0n) is 11.8. The van der Waals surface area contributed by atoms with E-state index < -0.39 is 22.3 Å². The number of hydrogen-bond donors (Lipinski definition) is 0. The number of carbonyl (C=O) groups is 1. The summed E-state index contributed by atoms with van der Waals surface area (Å²) < 4.78 is 10.9. The van der Waals surface area contributed by atoms with Crippen LogP contribution < -0.4 is 10.4 Å². The van der Waals surface area contributed by atoms with Crippen molar-refractivity contribution in [1.82, 2.24) is 9.55 Å². The molecule has 1 aromatic carbocycles. The zero-order chi connectivity index (χ0) is 16.6. The molecule has 0 aliphatic rings. The lowest BCUT2D eigenvalue weighted by molar-refractivity contribution is -0.390. The quantitative estimate of drug-likeness (QED) is 0.409. The van der Waals surface area contributed by atoms with E-state index in [0.717, 1.165) is 12.5 Å². The third-order valence-corrected chi connectivity index (χ3v) is 3.20. The Labute approximate surface area is 127 Å². The lowest BCUT2D eigenvalue weighted by atomic mass is 10.1. The number of nitrogens with zero attached hydrogens (tertiary/aromatic N) is 3. The van der Waals surface area contributed by atoms with Gasteiger partial charge in [0.25, 0.3) is 0 Å². The third-order valence-electron chi connectivity index (χ3n) is 3.20. The van der Waals surface area contributed by atoms with E-state index >= 15 is 0 Å². The van der Waals surface area contributed by atoms with Crippen molar-refractivity contribution in [1.29, 1.82) is 0 Å². The second-order valence-electron chi connectivity index (χ2n) is 4.51. The van der Waals surface area contributed by atoms with Crippen molar-refractivity contribution in [2.75, 3.05) is 7.11 Å². The molecule has 9 heteroatoms. The number of aromatic nitrogens is 2. The molecule has 0 radical (unpaired) electrons.